The third-order valence-corrected chi connectivity index (χ3v) is 5.23. The summed E-state index contributed by atoms with van der Waals surface area (Å²) in [5.41, 5.74) is 1.94. The monoisotopic (exact) mass is 403 g/mol. The number of nitro groups is 1. The Hall–Kier alpha value is -2.71. The van der Waals surface area contributed by atoms with E-state index in [1.165, 1.54) is 12.1 Å². The van der Waals surface area contributed by atoms with E-state index in [1.54, 1.807) is 18.3 Å². The molecule has 1 saturated heterocycles. The van der Waals surface area contributed by atoms with E-state index < -0.39 is 0 Å². The van der Waals surface area contributed by atoms with Crippen LogP contribution >= 0.6 is 11.6 Å². The SMILES string of the molecule is O=[N+]([O-])C1=C2NCC(Cc3ccc(Cl)nc3)N2CN(Cc2cccc(F)c2)C1. The van der Waals surface area contributed by atoms with E-state index in [4.69, 9.17) is 11.6 Å². The van der Waals surface area contributed by atoms with Gasteiger partial charge >= 0.3 is 0 Å². The van der Waals surface area contributed by atoms with Crippen molar-refractivity contribution >= 4 is 11.6 Å². The van der Waals surface area contributed by atoms with Gasteiger partial charge in [0, 0.05) is 19.3 Å². The van der Waals surface area contributed by atoms with Crippen LogP contribution in [0, 0.1) is 15.9 Å². The average molecular weight is 404 g/mol. The molecular weight excluding hydrogens is 385 g/mol. The number of halogens is 2. The Labute approximate surface area is 166 Å². The van der Waals surface area contributed by atoms with E-state index in [0.29, 0.717) is 37.2 Å². The van der Waals surface area contributed by atoms with Gasteiger partial charge in [0.05, 0.1) is 24.2 Å². The van der Waals surface area contributed by atoms with Gasteiger partial charge in [-0.1, -0.05) is 29.8 Å². The zero-order valence-corrected chi connectivity index (χ0v) is 15.8. The van der Waals surface area contributed by atoms with E-state index in [2.05, 4.69) is 10.3 Å². The Kier molecular flexibility index (Phi) is 5.15. The minimum absolute atomic E-state index is 0.0586. The van der Waals surface area contributed by atoms with Gasteiger partial charge in [-0.3, -0.25) is 15.0 Å². The molecule has 0 spiro atoms. The number of benzene rings is 1. The van der Waals surface area contributed by atoms with Crippen LogP contribution in [0.4, 0.5) is 4.39 Å². The van der Waals surface area contributed by atoms with E-state index in [-0.39, 0.29) is 29.0 Å². The summed E-state index contributed by atoms with van der Waals surface area (Å²) in [5, 5.41) is 15.3. The minimum atomic E-state index is -0.334. The predicted octanol–water partition coefficient (Wildman–Crippen LogP) is 2.61. The molecule has 1 N–H and O–H groups in total. The topological polar surface area (TPSA) is 74.5 Å². The Morgan fingerprint density at radius 2 is 2.18 bits per heavy atom. The molecule has 1 aromatic heterocycles. The summed E-state index contributed by atoms with van der Waals surface area (Å²) in [5.74, 6) is 0.267. The van der Waals surface area contributed by atoms with Crippen LogP contribution in [0.5, 0.6) is 0 Å². The molecule has 4 rings (SSSR count). The van der Waals surface area contributed by atoms with Crippen molar-refractivity contribution in [1.82, 2.24) is 20.1 Å². The van der Waals surface area contributed by atoms with Crippen LogP contribution < -0.4 is 5.32 Å². The normalized spacial score (nSPS) is 19.5. The molecular formula is C19H19ClFN5O2. The van der Waals surface area contributed by atoms with Gasteiger partial charge in [-0.15, -0.1) is 0 Å². The molecule has 7 nitrogen and oxygen atoms in total. The summed E-state index contributed by atoms with van der Waals surface area (Å²) in [4.78, 5) is 19.4. The van der Waals surface area contributed by atoms with Crippen molar-refractivity contribution in [3.05, 3.63) is 86.3 Å². The quantitative estimate of drug-likeness (QED) is 0.470. The molecule has 1 fully saturated rings. The molecule has 1 atom stereocenters. The van der Waals surface area contributed by atoms with Crippen LogP contribution in [0.3, 0.4) is 0 Å². The average Bonchev–Trinajstić information content (AvgIpc) is 3.05. The van der Waals surface area contributed by atoms with Crippen LogP contribution in [0.1, 0.15) is 11.1 Å². The van der Waals surface area contributed by atoms with Crippen molar-refractivity contribution < 1.29 is 9.31 Å². The van der Waals surface area contributed by atoms with Gasteiger partial charge < -0.3 is 10.2 Å². The number of nitrogens with one attached hydrogen (secondary N) is 1. The van der Waals surface area contributed by atoms with Crippen molar-refractivity contribution in [2.75, 3.05) is 19.8 Å². The van der Waals surface area contributed by atoms with E-state index in [0.717, 1.165) is 11.1 Å². The van der Waals surface area contributed by atoms with Crippen molar-refractivity contribution in [1.29, 1.82) is 0 Å². The lowest BCUT2D eigenvalue weighted by atomic mass is 10.1. The maximum atomic E-state index is 13.5. The molecule has 2 aliphatic heterocycles. The Balaban J connectivity index is 1.55. The number of hydrogen-bond acceptors (Lipinski definition) is 6. The molecule has 1 aromatic carbocycles. The number of rotatable bonds is 5. The summed E-state index contributed by atoms with van der Waals surface area (Å²) in [6, 6.07) is 10.0. The summed E-state index contributed by atoms with van der Waals surface area (Å²) in [6.07, 6.45) is 2.42. The van der Waals surface area contributed by atoms with Crippen LogP contribution in [0.2, 0.25) is 5.15 Å². The van der Waals surface area contributed by atoms with Gasteiger partial charge in [-0.2, -0.15) is 0 Å². The van der Waals surface area contributed by atoms with Crippen molar-refractivity contribution in [2.45, 2.75) is 19.0 Å². The molecule has 2 aliphatic rings. The highest BCUT2D eigenvalue weighted by Gasteiger charge is 2.40. The van der Waals surface area contributed by atoms with Gasteiger partial charge in [-0.25, -0.2) is 9.37 Å². The molecule has 146 valence electrons. The second-order valence-electron chi connectivity index (χ2n) is 7.01. The molecule has 0 saturated carbocycles. The zero-order chi connectivity index (χ0) is 19.7. The Morgan fingerprint density at radius 1 is 1.32 bits per heavy atom. The highest BCUT2D eigenvalue weighted by Crippen LogP contribution is 2.27. The fourth-order valence-electron chi connectivity index (χ4n) is 3.74. The number of hydrogen-bond donors (Lipinski definition) is 1. The van der Waals surface area contributed by atoms with Crippen molar-refractivity contribution in [3.63, 3.8) is 0 Å². The smallest absolute Gasteiger partial charge is 0.299 e. The second-order valence-corrected chi connectivity index (χ2v) is 7.40. The first-order valence-electron chi connectivity index (χ1n) is 8.95. The maximum absolute atomic E-state index is 13.5. The second kappa shape index (κ2) is 7.73. The first-order chi connectivity index (χ1) is 13.5. The summed E-state index contributed by atoms with van der Waals surface area (Å²) in [7, 11) is 0. The van der Waals surface area contributed by atoms with Gasteiger partial charge in [0.15, 0.2) is 5.82 Å². The molecule has 0 radical (unpaired) electrons. The number of fused-ring (bicyclic) bond motifs is 1. The van der Waals surface area contributed by atoms with E-state index in [1.807, 2.05) is 21.9 Å². The summed E-state index contributed by atoms with van der Waals surface area (Å²) in [6.45, 7) is 1.79. The van der Waals surface area contributed by atoms with Gasteiger partial charge in [0.25, 0.3) is 5.70 Å². The van der Waals surface area contributed by atoms with Crippen LogP contribution in [0.15, 0.2) is 54.1 Å². The molecule has 3 heterocycles. The van der Waals surface area contributed by atoms with Gasteiger partial charge in [0.1, 0.15) is 11.0 Å². The van der Waals surface area contributed by atoms with Crippen molar-refractivity contribution in [2.24, 2.45) is 0 Å². The lowest BCUT2D eigenvalue weighted by Gasteiger charge is -2.35. The predicted molar refractivity (Wildman–Crippen MR) is 102 cm³/mol. The molecule has 1 unspecified atom stereocenters. The number of pyridine rings is 1. The molecule has 9 heteroatoms. The molecule has 2 aromatic rings. The summed E-state index contributed by atoms with van der Waals surface area (Å²) < 4.78 is 13.5. The largest absolute Gasteiger partial charge is 0.364 e. The Bertz CT molecular complexity index is 921. The first-order valence-corrected chi connectivity index (χ1v) is 9.32. The highest BCUT2D eigenvalue weighted by atomic mass is 35.5. The third kappa shape index (κ3) is 3.93. The fraction of sp³-hybridized carbons (Fsp3) is 0.316. The third-order valence-electron chi connectivity index (χ3n) is 5.01. The van der Waals surface area contributed by atoms with E-state index in [9.17, 15) is 14.5 Å². The lowest BCUT2D eigenvalue weighted by Crippen LogP contribution is -2.47. The van der Waals surface area contributed by atoms with Crippen molar-refractivity contribution in [3.8, 4) is 0 Å². The number of aromatic nitrogens is 1. The van der Waals surface area contributed by atoms with E-state index >= 15 is 0 Å². The molecule has 0 amide bonds. The van der Waals surface area contributed by atoms with Crippen LogP contribution in [0.25, 0.3) is 0 Å². The van der Waals surface area contributed by atoms with Gasteiger partial charge in [0.2, 0.25) is 0 Å². The zero-order valence-electron chi connectivity index (χ0n) is 15.0. The minimum Gasteiger partial charge on any atom is -0.364 e. The van der Waals surface area contributed by atoms with Crippen LogP contribution in [-0.4, -0.2) is 45.5 Å². The van der Waals surface area contributed by atoms with Gasteiger partial charge in [-0.05, 0) is 35.7 Å². The molecule has 0 aliphatic carbocycles. The first kappa shape index (κ1) is 18.6. The Morgan fingerprint density at radius 3 is 2.89 bits per heavy atom. The number of nitrogens with zero attached hydrogens (tertiary/aromatic N) is 4. The van der Waals surface area contributed by atoms with Crippen LogP contribution in [-0.2, 0) is 13.0 Å². The molecule has 28 heavy (non-hydrogen) atoms. The summed E-state index contributed by atoms with van der Waals surface area (Å²) >= 11 is 5.85. The maximum Gasteiger partial charge on any atom is 0.299 e. The fourth-order valence-corrected chi connectivity index (χ4v) is 3.85. The highest BCUT2D eigenvalue weighted by molar-refractivity contribution is 6.29. The molecule has 0 bridgehead atoms. The standard InChI is InChI=1S/C19H19ClFN5O2/c20-18-5-4-13(8-22-18)7-16-9-23-19-17(26(27)28)11-24(12-25(16)19)10-14-2-1-3-15(21)6-14/h1-6,8,16,23H,7,9-12H2. The lowest BCUT2D eigenvalue weighted by molar-refractivity contribution is -0.432.